The molecule has 3 aliphatic heterocycles. The van der Waals surface area contributed by atoms with Gasteiger partial charge in [0.05, 0.1) is 42.1 Å². The molecule has 1 aliphatic carbocycles. The first kappa shape index (κ1) is 21.9. The monoisotopic (exact) mass is 503 g/mol. The quantitative estimate of drug-likeness (QED) is 0.619. The summed E-state index contributed by atoms with van der Waals surface area (Å²) >= 11 is 3.67. The van der Waals surface area contributed by atoms with E-state index < -0.39 is 5.41 Å². The average Bonchev–Trinajstić information content (AvgIpc) is 3.12. The van der Waals surface area contributed by atoms with Crippen molar-refractivity contribution < 1.29 is 19.0 Å². The van der Waals surface area contributed by atoms with E-state index in [1.54, 1.807) is 14.2 Å². The first-order valence-electron chi connectivity index (χ1n) is 11.3. The number of carbonyl (C=O) groups is 1. The van der Waals surface area contributed by atoms with Gasteiger partial charge in [0.25, 0.3) is 0 Å². The zero-order valence-corrected chi connectivity index (χ0v) is 20.1. The molecule has 1 spiro atoms. The number of Topliss-reactive ketones (excluding diaryl/α,β-unsaturated/α-hetero) is 1. The van der Waals surface area contributed by atoms with Gasteiger partial charge in [-0.1, -0.05) is 18.2 Å². The zero-order valence-electron chi connectivity index (χ0n) is 18.6. The lowest BCUT2D eigenvalue weighted by atomic mass is 9.62. The van der Waals surface area contributed by atoms with Gasteiger partial charge in [-0.2, -0.15) is 0 Å². The van der Waals surface area contributed by atoms with Gasteiger partial charge in [0.1, 0.15) is 22.7 Å². The summed E-state index contributed by atoms with van der Waals surface area (Å²) in [5.41, 5.74) is 4.94. The SMILES string of the molecule is COc1ccc(CC2NN(Br)C3=CC=CC4N(C5CCOCC5)CCC(=O)C324)c(OC)c1. The number of hydrogen-bond acceptors (Lipinski definition) is 7. The van der Waals surface area contributed by atoms with E-state index in [0.29, 0.717) is 24.7 Å². The van der Waals surface area contributed by atoms with E-state index in [1.165, 1.54) is 0 Å². The predicted octanol–water partition coefficient (Wildman–Crippen LogP) is 3.01. The number of halogens is 1. The van der Waals surface area contributed by atoms with Gasteiger partial charge in [0, 0.05) is 44.3 Å². The van der Waals surface area contributed by atoms with Gasteiger partial charge in [-0.3, -0.25) is 9.69 Å². The number of hydrazine groups is 1. The fraction of sp³-hybridized carbons (Fsp3) is 0.542. The Morgan fingerprint density at radius 2 is 2.06 bits per heavy atom. The van der Waals surface area contributed by atoms with Gasteiger partial charge in [0.2, 0.25) is 0 Å². The molecule has 5 rings (SSSR count). The van der Waals surface area contributed by atoms with Crippen LogP contribution in [0.1, 0.15) is 24.8 Å². The first-order valence-corrected chi connectivity index (χ1v) is 12.0. The van der Waals surface area contributed by atoms with E-state index in [0.717, 1.165) is 55.4 Å². The molecule has 0 saturated carbocycles. The maximum absolute atomic E-state index is 13.8. The second-order valence-electron chi connectivity index (χ2n) is 8.85. The Balaban J connectivity index is 1.53. The Morgan fingerprint density at radius 3 is 2.81 bits per heavy atom. The van der Waals surface area contributed by atoms with Crippen molar-refractivity contribution in [3.63, 3.8) is 0 Å². The van der Waals surface area contributed by atoms with Crippen molar-refractivity contribution in [3.05, 3.63) is 47.7 Å². The topological polar surface area (TPSA) is 63.3 Å². The number of benzene rings is 1. The third kappa shape index (κ3) is 3.39. The molecule has 1 aromatic rings. The summed E-state index contributed by atoms with van der Waals surface area (Å²) in [5, 5.41) is 0. The van der Waals surface area contributed by atoms with Crippen LogP contribution >= 0.6 is 16.1 Å². The number of likely N-dealkylation sites (tertiary alicyclic amines) is 1. The molecule has 4 aliphatic rings. The van der Waals surface area contributed by atoms with Crippen LogP contribution in [0.2, 0.25) is 0 Å². The lowest BCUT2D eigenvalue weighted by Crippen LogP contribution is -2.64. The van der Waals surface area contributed by atoms with Crippen LogP contribution in [0.4, 0.5) is 0 Å². The van der Waals surface area contributed by atoms with Gasteiger partial charge in [-0.25, -0.2) is 9.46 Å². The van der Waals surface area contributed by atoms with Crippen molar-refractivity contribution in [1.29, 1.82) is 0 Å². The average molecular weight is 504 g/mol. The smallest absolute Gasteiger partial charge is 0.149 e. The van der Waals surface area contributed by atoms with Crippen molar-refractivity contribution in [2.45, 2.75) is 43.8 Å². The molecular weight excluding hydrogens is 474 g/mol. The number of nitrogens with one attached hydrogen (secondary N) is 1. The largest absolute Gasteiger partial charge is 0.497 e. The molecular formula is C24H30BrN3O4. The zero-order chi connectivity index (χ0) is 22.3. The minimum absolute atomic E-state index is 0.0103. The van der Waals surface area contributed by atoms with Gasteiger partial charge < -0.3 is 14.2 Å². The molecule has 0 amide bonds. The van der Waals surface area contributed by atoms with E-state index in [1.807, 2.05) is 22.2 Å². The molecule has 32 heavy (non-hydrogen) atoms. The molecule has 0 aromatic heterocycles. The van der Waals surface area contributed by atoms with Crippen molar-refractivity contribution >= 4 is 21.9 Å². The number of rotatable bonds is 5. The molecule has 1 N–H and O–H groups in total. The van der Waals surface area contributed by atoms with Crippen LogP contribution in [-0.4, -0.2) is 66.8 Å². The second-order valence-corrected chi connectivity index (χ2v) is 9.56. The van der Waals surface area contributed by atoms with Crippen LogP contribution in [0.15, 0.2) is 42.1 Å². The molecule has 8 heteroatoms. The molecule has 3 atom stereocenters. The van der Waals surface area contributed by atoms with Crippen LogP contribution in [0.25, 0.3) is 0 Å². The van der Waals surface area contributed by atoms with E-state index in [9.17, 15) is 4.79 Å². The van der Waals surface area contributed by atoms with Crippen LogP contribution in [0, 0.1) is 5.41 Å². The van der Waals surface area contributed by atoms with Crippen LogP contribution in [0.5, 0.6) is 11.5 Å². The number of allylic oxidation sites excluding steroid dienone is 2. The number of nitrogens with zero attached hydrogens (tertiary/aromatic N) is 2. The van der Waals surface area contributed by atoms with E-state index in [2.05, 4.69) is 44.7 Å². The van der Waals surface area contributed by atoms with Crippen molar-refractivity contribution in [3.8, 4) is 11.5 Å². The molecule has 0 bridgehead atoms. The number of methoxy groups -OCH3 is 2. The van der Waals surface area contributed by atoms with Crippen LogP contribution in [0.3, 0.4) is 0 Å². The molecule has 3 fully saturated rings. The van der Waals surface area contributed by atoms with Crippen molar-refractivity contribution in [2.75, 3.05) is 34.0 Å². The summed E-state index contributed by atoms with van der Waals surface area (Å²) < 4.78 is 18.5. The fourth-order valence-corrected chi connectivity index (χ4v) is 6.60. The summed E-state index contributed by atoms with van der Waals surface area (Å²) in [6, 6.07) is 6.22. The minimum atomic E-state index is -0.653. The number of piperidine rings is 1. The number of hydrogen-bond donors (Lipinski definition) is 1. The highest BCUT2D eigenvalue weighted by Gasteiger charge is 2.63. The highest BCUT2D eigenvalue weighted by molar-refractivity contribution is 9.07. The molecule has 3 unspecified atom stereocenters. The number of carbonyl (C=O) groups excluding carboxylic acids is 1. The maximum atomic E-state index is 13.8. The Kier molecular flexibility index (Phi) is 6.05. The number of ether oxygens (including phenoxy) is 3. The molecule has 172 valence electrons. The van der Waals surface area contributed by atoms with Gasteiger partial charge in [-0.15, -0.1) is 0 Å². The summed E-state index contributed by atoms with van der Waals surface area (Å²) in [6.45, 7) is 2.38. The first-order chi connectivity index (χ1) is 15.6. The molecule has 7 nitrogen and oxygen atoms in total. The van der Waals surface area contributed by atoms with E-state index >= 15 is 0 Å². The standard InChI is InChI=1S/C24H30BrN3O4/c1-30-18-7-6-16(19(15-18)31-2)14-20-24-21(4-3-5-22(24)28(25)26-20)27(11-8-23(24)29)17-9-12-32-13-10-17/h3-7,15,17,20-21,26H,8-14H2,1-2H3. The summed E-state index contributed by atoms with van der Waals surface area (Å²) in [6.07, 6.45) is 9.61. The summed E-state index contributed by atoms with van der Waals surface area (Å²) in [7, 11) is 3.32. The van der Waals surface area contributed by atoms with Crippen molar-refractivity contribution in [2.24, 2.45) is 5.41 Å². The minimum Gasteiger partial charge on any atom is -0.497 e. The summed E-state index contributed by atoms with van der Waals surface area (Å²) in [5.74, 6) is 1.82. The third-order valence-corrected chi connectivity index (χ3v) is 8.05. The molecule has 3 heterocycles. The second kappa shape index (κ2) is 8.82. The maximum Gasteiger partial charge on any atom is 0.149 e. The summed E-state index contributed by atoms with van der Waals surface area (Å²) in [4.78, 5) is 16.4. The molecule has 1 aromatic carbocycles. The Labute approximate surface area is 197 Å². The van der Waals surface area contributed by atoms with Crippen molar-refractivity contribution in [1.82, 2.24) is 14.4 Å². The third-order valence-electron chi connectivity index (χ3n) is 7.46. The number of ketones is 1. The normalized spacial score (nSPS) is 30.7. The molecule has 0 radical (unpaired) electrons. The van der Waals surface area contributed by atoms with E-state index in [4.69, 9.17) is 14.2 Å². The predicted molar refractivity (Wildman–Crippen MR) is 125 cm³/mol. The lowest BCUT2D eigenvalue weighted by molar-refractivity contribution is -0.137. The van der Waals surface area contributed by atoms with Crippen LogP contribution in [-0.2, 0) is 16.0 Å². The lowest BCUT2D eigenvalue weighted by Gasteiger charge is -2.52. The Hall–Kier alpha value is -1.87. The fourth-order valence-electron chi connectivity index (χ4n) is 5.94. The van der Waals surface area contributed by atoms with E-state index in [-0.39, 0.29) is 12.1 Å². The Bertz CT molecular complexity index is 945. The molecule has 3 saturated heterocycles. The highest BCUT2D eigenvalue weighted by atomic mass is 79.9. The highest BCUT2D eigenvalue weighted by Crippen LogP contribution is 2.52. The van der Waals surface area contributed by atoms with Gasteiger partial charge in [0.15, 0.2) is 0 Å². The van der Waals surface area contributed by atoms with Crippen LogP contribution < -0.4 is 14.9 Å². The van der Waals surface area contributed by atoms with Gasteiger partial charge in [-0.05, 0) is 37.0 Å². The van der Waals surface area contributed by atoms with Gasteiger partial charge >= 0.3 is 0 Å². The Morgan fingerprint density at radius 1 is 1.25 bits per heavy atom.